The highest BCUT2D eigenvalue weighted by atomic mass is 35.5. The Bertz CT molecular complexity index is 580. The minimum atomic E-state index is -1.05. The van der Waals surface area contributed by atoms with Crippen molar-refractivity contribution in [3.05, 3.63) is 40.9 Å². The summed E-state index contributed by atoms with van der Waals surface area (Å²) in [5.41, 5.74) is 0.742. The fourth-order valence-corrected chi connectivity index (χ4v) is 1.78. The topological polar surface area (TPSA) is 77.4 Å². The number of hydrogen-bond acceptors (Lipinski definition) is 6. The molecule has 0 aromatic carbocycles. The number of methoxy groups -OCH3 is 2. The van der Waals surface area contributed by atoms with Crippen LogP contribution in [-0.2, 0) is 0 Å². The average Bonchev–Trinajstić information content (AvgIpc) is 2.46. The molecule has 6 nitrogen and oxygen atoms in total. The molecule has 1 N–H and O–H groups in total. The molecule has 0 fully saturated rings. The Labute approximate surface area is 115 Å². The highest BCUT2D eigenvalue weighted by Crippen LogP contribution is 2.31. The molecule has 0 aliphatic carbocycles. The number of aromatic nitrogens is 3. The van der Waals surface area contributed by atoms with E-state index in [9.17, 15) is 5.11 Å². The quantitative estimate of drug-likeness (QED) is 0.918. The molecule has 0 spiro atoms. The summed E-state index contributed by atoms with van der Waals surface area (Å²) in [7, 11) is 2.91. The van der Waals surface area contributed by atoms with Crippen LogP contribution >= 0.6 is 11.6 Å². The number of aliphatic hydroxyl groups is 1. The minimum Gasteiger partial charge on any atom is -0.480 e. The second kappa shape index (κ2) is 5.81. The number of rotatable bonds is 4. The van der Waals surface area contributed by atoms with E-state index in [1.165, 1.54) is 32.8 Å². The van der Waals surface area contributed by atoms with Crippen molar-refractivity contribution < 1.29 is 14.6 Å². The van der Waals surface area contributed by atoms with E-state index < -0.39 is 6.10 Å². The first kappa shape index (κ1) is 13.5. The number of nitrogens with zero attached hydrogens (tertiary/aromatic N) is 3. The van der Waals surface area contributed by atoms with Crippen molar-refractivity contribution in [2.24, 2.45) is 0 Å². The van der Waals surface area contributed by atoms with Crippen LogP contribution < -0.4 is 9.47 Å². The predicted octanol–water partition coefficient (Wildman–Crippen LogP) is 1.62. The number of hydrogen-bond donors (Lipinski definition) is 1. The largest absolute Gasteiger partial charge is 0.480 e. The number of halogens is 1. The molecule has 0 amide bonds. The van der Waals surface area contributed by atoms with Gasteiger partial charge in [0.25, 0.3) is 0 Å². The molecule has 0 bridgehead atoms. The van der Waals surface area contributed by atoms with Gasteiger partial charge in [0.15, 0.2) is 0 Å². The zero-order valence-corrected chi connectivity index (χ0v) is 11.1. The van der Waals surface area contributed by atoms with Gasteiger partial charge in [0, 0.05) is 18.0 Å². The monoisotopic (exact) mass is 281 g/mol. The Hall–Kier alpha value is -1.92. The van der Waals surface area contributed by atoms with Gasteiger partial charge in [-0.15, -0.1) is 0 Å². The first-order chi connectivity index (χ1) is 9.17. The molecule has 1 unspecified atom stereocenters. The number of aliphatic hydroxyl groups excluding tert-OH is 1. The maximum atomic E-state index is 10.3. The summed E-state index contributed by atoms with van der Waals surface area (Å²) in [5.74, 6) is 0.480. The standard InChI is InChI=1S/C12H12ClN3O3/c1-18-9-6-15-10(12(16-9)19-2)11(17)7-3-4-14-5-8(7)13/h3-6,11,17H,1-2H3. The summed E-state index contributed by atoms with van der Waals surface area (Å²) in [6.07, 6.45) is 3.33. The van der Waals surface area contributed by atoms with Gasteiger partial charge in [-0.3, -0.25) is 4.98 Å². The van der Waals surface area contributed by atoms with Crippen LogP contribution in [0.5, 0.6) is 11.8 Å². The van der Waals surface area contributed by atoms with E-state index in [1.54, 1.807) is 6.07 Å². The van der Waals surface area contributed by atoms with Crippen molar-refractivity contribution in [1.82, 2.24) is 15.0 Å². The van der Waals surface area contributed by atoms with Gasteiger partial charge in [0.05, 0.1) is 25.4 Å². The van der Waals surface area contributed by atoms with Crippen LogP contribution in [0.4, 0.5) is 0 Å². The lowest BCUT2D eigenvalue weighted by Crippen LogP contribution is -2.08. The Morgan fingerprint density at radius 1 is 1.26 bits per heavy atom. The fraction of sp³-hybridized carbons (Fsp3) is 0.250. The van der Waals surface area contributed by atoms with Gasteiger partial charge in [-0.1, -0.05) is 11.6 Å². The zero-order valence-electron chi connectivity index (χ0n) is 10.4. The summed E-state index contributed by atoms with van der Waals surface area (Å²) < 4.78 is 10.0. The van der Waals surface area contributed by atoms with E-state index in [0.29, 0.717) is 16.5 Å². The molecule has 1 atom stereocenters. The van der Waals surface area contributed by atoms with Crippen LogP contribution in [0.25, 0.3) is 0 Å². The summed E-state index contributed by atoms with van der Waals surface area (Å²) >= 11 is 5.99. The van der Waals surface area contributed by atoms with E-state index in [-0.39, 0.29) is 11.6 Å². The third-order valence-electron chi connectivity index (χ3n) is 2.50. The highest BCUT2D eigenvalue weighted by molar-refractivity contribution is 6.31. The first-order valence-electron chi connectivity index (χ1n) is 5.39. The van der Waals surface area contributed by atoms with Gasteiger partial charge >= 0.3 is 0 Å². The molecule has 0 saturated carbocycles. The molecule has 2 rings (SSSR count). The molecule has 2 aromatic rings. The van der Waals surface area contributed by atoms with Gasteiger partial charge < -0.3 is 14.6 Å². The van der Waals surface area contributed by atoms with E-state index in [4.69, 9.17) is 21.1 Å². The molecule has 7 heteroatoms. The maximum absolute atomic E-state index is 10.3. The molecule has 2 aromatic heterocycles. The summed E-state index contributed by atoms with van der Waals surface area (Å²) in [6.45, 7) is 0. The third kappa shape index (κ3) is 2.74. The third-order valence-corrected chi connectivity index (χ3v) is 2.82. The lowest BCUT2D eigenvalue weighted by Gasteiger charge is -2.14. The van der Waals surface area contributed by atoms with Crippen LogP contribution in [0.15, 0.2) is 24.7 Å². The van der Waals surface area contributed by atoms with Crippen molar-refractivity contribution in [3.8, 4) is 11.8 Å². The Kier molecular flexibility index (Phi) is 4.13. The average molecular weight is 282 g/mol. The van der Waals surface area contributed by atoms with E-state index >= 15 is 0 Å². The summed E-state index contributed by atoms with van der Waals surface area (Å²) in [6, 6.07) is 1.61. The van der Waals surface area contributed by atoms with Crippen molar-refractivity contribution in [2.75, 3.05) is 14.2 Å². The molecule has 0 aliphatic rings. The van der Waals surface area contributed by atoms with E-state index in [1.807, 2.05) is 0 Å². The Balaban J connectivity index is 2.44. The maximum Gasteiger partial charge on any atom is 0.241 e. The van der Waals surface area contributed by atoms with Crippen LogP contribution in [0.3, 0.4) is 0 Å². The van der Waals surface area contributed by atoms with Crippen molar-refractivity contribution >= 4 is 11.6 Å². The van der Waals surface area contributed by atoms with Crippen molar-refractivity contribution in [2.45, 2.75) is 6.10 Å². The Morgan fingerprint density at radius 2 is 2.05 bits per heavy atom. The van der Waals surface area contributed by atoms with Gasteiger partial charge in [-0.25, -0.2) is 4.98 Å². The summed E-state index contributed by atoms with van der Waals surface area (Å²) in [5, 5.41) is 10.7. The van der Waals surface area contributed by atoms with Crippen LogP contribution in [0.1, 0.15) is 17.4 Å². The van der Waals surface area contributed by atoms with Crippen molar-refractivity contribution in [1.29, 1.82) is 0 Å². The van der Waals surface area contributed by atoms with E-state index in [2.05, 4.69) is 15.0 Å². The smallest absolute Gasteiger partial charge is 0.241 e. The second-order valence-corrected chi connectivity index (χ2v) is 4.01. The van der Waals surface area contributed by atoms with Gasteiger partial charge in [-0.2, -0.15) is 4.98 Å². The SMILES string of the molecule is COc1cnc(C(O)c2ccncc2Cl)c(OC)n1. The van der Waals surface area contributed by atoms with E-state index in [0.717, 1.165) is 0 Å². The normalized spacial score (nSPS) is 12.0. The number of pyridine rings is 1. The lowest BCUT2D eigenvalue weighted by atomic mass is 10.1. The fourth-order valence-electron chi connectivity index (χ4n) is 1.56. The molecule has 100 valence electrons. The molecule has 2 heterocycles. The zero-order chi connectivity index (χ0) is 13.8. The van der Waals surface area contributed by atoms with Crippen LogP contribution in [-0.4, -0.2) is 34.3 Å². The van der Waals surface area contributed by atoms with Crippen LogP contribution in [0.2, 0.25) is 5.02 Å². The van der Waals surface area contributed by atoms with Crippen LogP contribution in [0, 0.1) is 0 Å². The van der Waals surface area contributed by atoms with Gasteiger partial charge in [0.2, 0.25) is 11.8 Å². The Morgan fingerprint density at radius 3 is 2.68 bits per heavy atom. The molecule has 0 aliphatic heterocycles. The second-order valence-electron chi connectivity index (χ2n) is 3.61. The highest BCUT2D eigenvalue weighted by Gasteiger charge is 2.21. The number of ether oxygens (including phenoxy) is 2. The predicted molar refractivity (Wildman–Crippen MR) is 68.4 cm³/mol. The minimum absolute atomic E-state index is 0.180. The molecule has 0 radical (unpaired) electrons. The van der Waals surface area contributed by atoms with Gasteiger partial charge in [-0.05, 0) is 6.07 Å². The molecular weight excluding hydrogens is 270 g/mol. The molecule has 19 heavy (non-hydrogen) atoms. The van der Waals surface area contributed by atoms with Crippen molar-refractivity contribution in [3.63, 3.8) is 0 Å². The molecule has 0 saturated heterocycles. The molecular formula is C12H12ClN3O3. The lowest BCUT2D eigenvalue weighted by molar-refractivity contribution is 0.206. The van der Waals surface area contributed by atoms with Gasteiger partial charge in [0.1, 0.15) is 11.8 Å². The first-order valence-corrected chi connectivity index (χ1v) is 5.77. The summed E-state index contributed by atoms with van der Waals surface area (Å²) in [4.78, 5) is 12.0.